The van der Waals surface area contributed by atoms with Gasteiger partial charge in [-0.3, -0.25) is 19.2 Å². The van der Waals surface area contributed by atoms with Gasteiger partial charge in [0, 0.05) is 6.61 Å². The molecule has 1 saturated heterocycles. The quantitative estimate of drug-likeness (QED) is 0.0915. The molecule has 1 aliphatic heterocycles. The maximum absolute atomic E-state index is 14.0. The first kappa shape index (κ1) is 52.8. The van der Waals surface area contributed by atoms with E-state index in [-0.39, 0.29) is 23.5 Å². The van der Waals surface area contributed by atoms with Crippen molar-refractivity contribution in [3.05, 3.63) is 60.7 Å². The Morgan fingerprint density at radius 1 is 0.597 bits per heavy atom. The summed E-state index contributed by atoms with van der Waals surface area (Å²) < 4.78 is 39.5. The molecule has 348 valence electrons. The van der Waals surface area contributed by atoms with Crippen molar-refractivity contribution in [3.63, 3.8) is 0 Å². The van der Waals surface area contributed by atoms with Crippen molar-refractivity contribution < 1.29 is 47.3 Å². The third-order valence-corrected chi connectivity index (χ3v) is 16.6. The van der Waals surface area contributed by atoms with Crippen molar-refractivity contribution in [1.82, 2.24) is 0 Å². The molecule has 7 atom stereocenters. The smallest absolute Gasteiger partial charge is 0.311 e. The van der Waals surface area contributed by atoms with Crippen LogP contribution in [0.15, 0.2) is 60.7 Å². The third-order valence-electron chi connectivity index (χ3n) is 11.6. The second-order valence-corrected chi connectivity index (χ2v) is 26.7. The van der Waals surface area contributed by atoms with Crippen LogP contribution in [0.25, 0.3) is 0 Å². The minimum absolute atomic E-state index is 0.0639. The van der Waals surface area contributed by atoms with E-state index in [2.05, 4.69) is 83.1 Å². The van der Waals surface area contributed by atoms with Gasteiger partial charge < -0.3 is 28.1 Å². The monoisotopic (exact) mass is 881 g/mol. The number of hydrogen-bond acceptors (Lipinski definition) is 10. The first-order chi connectivity index (χ1) is 28.5. The standard InChI is InChI=1S/C51H80O10Si/c1-18-19-30-37(34(2)31-32-57-62(51(15,16)17,35-26-22-20-23-27-35)36-28-24-21-25-29-36)39-41(60-45(54)49(9,10)11)42(61-46(55)50(12,13)14)40(59-44(53)48(6,7)8)38(58-39)33-56-43(52)47(3,4)5/h20-29,34,37-42H,18-19,30-33H2,1-17H3/t34-,37+,38+,39-,40+,41-,42-/m0/s1. The van der Waals surface area contributed by atoms with Crippen molar-refractivity contribution in [1.29, 1.82) is 0 Å². The molecule has 11 heteroatoms. The van der Waals surface area contributed by atoms with Gasteiger partial charge in [0.05, 0.1) is 21.7 Å². The topological polar surface area (TPSA) is 124 Å². The molecule has 2 aromatic carbocycles. The average Bonchev–Trinajstić information content (AvgIpc) is 3.16. The van der Waals surface area contributed by atoms with E-state index in [4.69, 9.17) is 28.1 Å². The molecule has 0 aromatic heterocycles. The summed E-state index contributed by atoms with van der Waals surface area (Å²) in [6.07, 6.45) is -2.62. The molecule has 1 heterocycles. The van der Waals surface area contributed by atoms with E-state index in [0.717, 1.165) is 12.8 Å². The summed E-state index contributed by atoms with van der Waals surface area (Å²) in [5, 5.41) is 2.15. The van der Waals surface area contributed by atoms with E-state index in [1.165, 1.54) is 10.4 Å². The second kappa shape index (κ2) is 21.0. The maximum Gasteiger partial charge on any atom is 0.311 e. The zero-order valence-electron chi connectivity index (χ0n) is 41.1. The van der Waals surface area contributed by atoms with Crippen LogP contribution in [-0.4, -0.2) is 75.9 Å². The lowest BCUT2D eigenvalue weighted by Crippen LogP contribution is -2.66. The van der Waals surface area contributed by atoms with E-state index in [9.17, 15) is 19.2 Å². The molecule has 0 N–H and O–H groups in total. The van der Waals surface area contributed by atoms with Crippen LogP contribution >= 0.6 is 0 Å². The van der Waals surface area contributed by atoms with Crippen LogP contribution < -0.4 is 10.4 Å². The highest BCUT2D eigenvalue weighted by Gasteiger charge is 2.57. The van der Waals surface area contributed by atoms with Crippen LogP contribution in [0, 0.1) is 33.5 Å². The molecular formula is C51H80O10Si. The molecule has 2 aromatic rings. The van der Waals surface area contributed by atoms with E-state index < -0.39 is 84.4 Å². The van der Waals surface area contributed by atoms with Crippen molar-refractivity contribution >= 4 is 42.6 Å². The summed E-state index contributed by atoms with van der Waals surface area (Å²) in [6, 6.07) is 21.1. The summed E-state index contributed by atoms with van der Waals surface area (Å²) in [4.78, 5) is 55.1. The van der Waals surface area contributed by atoms with Gasteiger partial charge in [0.1, 0.15) is 18.8 Å². The van der Waals surface area contributed by atoms with Crippen molar-refractivity contribution in [2.75, 3.05) is 13.2 Å². The minimum atomic E-state index is -2.86. The van der Waals surface area contributed by atoms with Gasteiger partial charge in [0.2, 0.25) is 0 Å². The van der Waals surface area contributed by atoms with Crippen LogP contribution in [0.3, 0.4) is 0 Å². The molecular weight excluding hydrogens is 801 g/mol. The molecule has 0 unspecified atom stereocenters. The lowest BCUT2D eigenvalue weighted by atomic mass is 9.77. The number of ether oxygens (including phenoxy) is 5. The van der Waals surface area contributed by atoms with Crippen LogP contribution in [0.4, 0.5) is 0 Å². The van der Waals surface area contributed by atoms with Gasteiger partial charge in [-0.25, -0.2) is 0 Å². The highest BCUT2D eigenvalue weighted by Crippen LogP contribution is 2.41. The van der Waals surface area contributed by atoms with Crippen molar-refractivity contribution in [2.24, 2.45) is 33.5 Å². The van der Waals surface area contributed by atoms with E-state index in [0.29, 0.717) is 19.4 Å². The van der Waals surface area contributed by atoms with Gasteiger partial charge in [0.25, 0.3) is 8.32 Å². The summed E-state index contributed by atoms with van der Waals surface area (Å²) in [5.41, 5.74) is -3.69. The van der Waals surface area contributed by atoms with Gasteiger partial charge >= 0.3 is 23.9 Å². The molecule has 0 aliphatic carbocycles. The average molecular weight is 881 g/mol. The normalized spacial score (nSPS) is 21.3. The number of benzene rings is 2. The van der Waals surface area contributed by atoms with Gasteiger partial charge in [-0.15, -0.1) is 0 Å². The fourth-order valence-corrected chi connectivity index (χ4v) is 12.3. The fourth-order valence-electron chi connectivity index (χ4n) is 7.69. The van der Waals surface area contributed by atoms with Gasteiger partial charge in [-0.1, -0.05) is 108 Å². The number of rotatable bonds is 16. The molecule has 0 amide bonds. The molecule has 10 nitrogen and oxygen atoms in total. The Morgan fingerprint density at radius 3 is 1.42 bits per heavy atom. The van der Waals surface area contributed by atoms with E-state index >= 15 is 0 Å². The lowest BCUT2D eigenvalue weighted by molar-refractivity contribution is -0.270. The summed E-state index contributed by atoms with van der Waals surface area (Å²) in [6.45, 7) is 32.1. The SMILES string of the molecule is CCCC[C@@H]([C@@H]1O[C@H](COC(=O)C(C)(C)C)[C@@H](OC(=O)C(C)(C)C)[C@H](OC(=O)C(C)(C)C)[C@H]1OC(=O)C(C)(C)C)[C@@H](C)CCO[Si](c1ccccc1)(c1ccccc1)C(C)(C)C. The Labute approximate surface area is 375 Å². The second-order valence-electron chi connectivity index (χ2n) is 22.4. The van der Waals surface area contributed by atoms with E-state index in [1.54, 1.807) is 83.1 Å². The fraction of sp³-hybridized carbons (Fsp3) is 0.686. The zero-order chi connectivity index (χ0) is 47.1. The van der Waals surface area contributed by atoms with Gasteiger partial charge in [-0.2, -0.15) is 0 Å². The Hall–Kier alpha value is -3.54. The number of carbonyl (C=O) groups excluding carboxylic acids is 4. The Bertz CT molecular complexity index is 1720. The van der Waals surface area contributed by atoms with Crippen molar-refractivity contribution in [2.45, 2.75) is 179 Å². The van der Waals surface area contributed by atoms with Crippen LogP contribution in [-0.2, 0) is 47.3 Å². The van der Waals surface area contributed by atoms with E-state index in [1.807, 2.05) is 12.1 Å². The number of hydrogen-bond donors (Lipinski definition) is 0. The molecule has 0 saturated carbocycles. The third kappa shape index (κ3) is 13.5. The maximum atomic E-state index is 14.0. The minimum Gasteiger partial charge on any atom is -0.462 e. The van der Waals surface area contributed by atoms with Gasteiger partial charge in [0.15, 0.2) is 18.3 Å². The lowest BCUT2D eigenvalue weighted by Gasteiger charge is -2.49. The predicted octanol–water partition coefficient (Wildman–Crippen LogP) is 9.63. The summed E-state index contributed by atoms with van der Waals surface area (Å²) in [5.74, 6) is -2.47. The largest absolute Gasteiger partial charge is 0.462 e. The van der Waals surface area contributed by atoms with Gasteiger partial charge in [-0.05, 0) is 123 Å². The number of carbonyl (C=O) groups is 4. The summed E-state index contributed by atoms with van der Waals surface area (Å²) in [7, 11) is -2.86. The number of unbranched alkanes of at least 4 members (excludes halogenated alkanes) is 1. The predicted molar refractivity (Wildman–Crippen MR) is 247 cm³/mol. The van der Waals surface area contributed by atoms with Crippen LogP contribution in [0.1, 0.15) is 143 Å². The molecule has 62 heavy (non-hydrogen) atoms. The molecule has 1 fully saturated rings. The molecule has 3 rings (SSSR count). The first-order valence-corrected chi connectivity index (χ1v) is 24.6. The molecule has 1 aliphatic rings. The van der Waals surface area contributed by atoms with Crippen molar-refractivity contribution in [3.8, 4) is 0 Å². The molecule has 0 radical (unpaired) electrons. The highest BCUT2D eigenvalue weighted by atomic mass is 28.4. The molecule has 0 spiro atoms. The number of esters is 4. The first-order valence-electron chi connectivity index (χ1n) is 22.7. The Balaban J connectivity index is 2.24. The Morgan fingerprint density at radius 2 is 1.02 bits per heavy atom. The molecule has 0 bridgehead atoms. The van der Waals surface area contributed by atoms with Crippen LogP contribution in [0.2, 0.25) is 5.04 Å². The van der Waals surface area contributed by atoms with Crippen LogP contribution in [0.5, 0.6) is 0 Å². The Kier molecular flexibility index (Phi) is 17.9. The summed E-state index contributed by atoms with van der Waals surface area (Å²) >= 11 is 0. The zero-order valence-corrected chi connectivity index (χ0v) is 42.1. The highest BCUT2D eigenvalue weighted by molar-refractivity contribution is 6.99.